The number of carbonyl (C=O) groups is 1. The van der Waals surface area contributed by atoms with E-state index < -0.39 is 17.8 Å². The summed E-state index contributed by atoms with van der Waals surface area (Å²) in [7, 11) is 1.31. The number of halogens is 2. The van der Waals surface area contributed by atoms with Gasteiger partial charge < -0.3 is 9.84 Å². The number of carboxylic acid groups (broad SMARTS) is 1. The number of hydrogen-bond acceptors (Lipinski definition) is 2. The standard InChI is InChI=1S/C15H18F2O3/c1-9-7-10(13(16)17)12(20-2)11(8-9)15(14(18)19)5-3-4-6-15/h7-8,13H,3-6H2,1-2H3,(H,18,19). The summed E-state index contributed by atoms with van der Waals surface area (Å²) in [6, 6.07) is 3.03. The number of rotatable bonds is 4. The molecule has 0 aliphatic heterocycles. The van der Waals surface area contributed by atoms with Gasteiger partial charge >= 0.3 is 5.97 Å². The van der Waals surface area contributed by atoms with Crippen molar-refractivity contribution < 1.29 is 23.4 Å². The maximum atomic E-state index is 13.2. The molecule has 5 heteroatoms. The zero-order valence-electron chi connectivity index (χ0n) is 11.6. The molecule has 1 aliphatic carbocycles. The van der Waals surface area contributed by atoms with Gasteiger partial charge in [-0.1, -0.05) is 24.5 Å². The first-order chi connectivity index (χ1) is 9.42. The van der Waals surface area contributed by atoms with E-state index in [1.807, 2.05) is 0 Å². The summed E-state index contributed by atoms with van der Waals surface area (Å²) >= 11 is 0. The molecule has 0 spiro atoms. The van der Waals surface area contributed by atoms with Crippen molar-refractivity contribution in [2.45, 2.75) is 44.4 Å². The average Bonchev–Trinajstić information content (AvgIpc) is 2.88. The maximum Gasteiger partial charge on any atom is 0.314 e. The van der Waals surface area contributed by atoms with Crippen LogP contribution in [0.25, 0.3) is 0 Å². The molecule has 1 aromatic carbocycles. The fourth-order valence-corrected chi connectivity index (χ4v) is 3.12. The van der Waals surface area contributed by atoms with Crippen molar-refractivity contribution in [1.29, 1.82) is 0 Å². The summed E-state index contributed by atoms with van der Waals surface area (Å²) in [6.45, 7) is 1.69. The number of hydrogen-bond donors (Lipinski definition) is 1. The quantitative estimate of drug-likeness (QED) is 0.913. The average molecular weight is 284 g/mol. The van der Waals surface area contributed by atoms with Gasteiger partial charge in [0.05, 0.1) is 18.1 Å². The van der Waals surface area contributed by atoms with Gasteiger partial charge in [-0.25, -0.2) is 8.78 Å². The number of ether oxygens (including phenoxy) is 1. The SMILES string of the molecule is COc1c(C(F)F)cc(C)cc1C1(C(=O)O)CCCC1. The Balaban J connectivity index is 2.69. The Hall–Kier alpha value is -1.65. The lowest BCUT2D eigenvalue weighted by molar-refractivity contribution is -0.143. The van der Waals surface area contributed by atoms with E-state index in [4.69, 9.17) is 4.74 Å². The molecule has 1 N–H and O–H groups in total. The third-order valence-corrected chi connectivity index (χ3v) is 4.08. The lowest BCUT2D eigenvalue weighted by Crippen LogP contribution is -2.33. The highest BCUT2D eigenvalue weighted by atomic mass is 19.3. The molecule has 3 nitrogen and oxygen atoms in total. The van der Waals surface area contributed by atoms with Gasteiger partial charge in [0.15, 0.2) is 0 Å². The molecule has 0 bridgehead atoms. The van der Waals surface area contributed by atoms with Crippen LogP contribution >= 0.6 is 0 Å². The molecule has 2 rings (SSSR count). The molecule has 1 aromatic rings. The summed E-state index contributed by atoms with van der Waals surface area (Å²) in [4.78, 5) is 11.7. The third-order valence-electron chi connectivity index (χ3n) is 4.08. The first kappa shape index (κ1) is 14.8. The van der Waals surface area contributed by atoms with Crippen molar-refractivity contribution in [1.82, 2.24) is 0 Å². The van der Waals surface area contributed by atoms with E-state index in [1.54, 1.807) is 13.0 Å². The maximum absolute atomic E-state index is 13.2. The topological polar surface area (TPSA) is 46.5 Å². The Kier molecular flexibility index (Phi) is 3.97. The normalized spacial score (nSPS) is 17.4. The van der Waals surface area contributed by atoms with Crippen LogP contribution in [0.3, 0.4) is 0 Å². The van der Waals surface area contributed by atoms with Gasteiger partial charge in [-0.15, -0.1) is 0 Å². The predicted molar refractivity (Wildman–Crippen MR) is 70.5 cm³/mol. The summed E-state index contributed by atoms with van der Waals surface area (Å²) < 4.78 is 31.5. The van der Waals surface area contributed by atoms with Gasteiger partial charge in [0.2, 0.25) is 0 Å². The largest absolute Gasteiger partial charge is 0.496 e. The smallest absolute Gasteiger partial charge is 0.314 e. The van der Waals surface area contributed by atoms with Crippen LogP contribution < -0.4 is 4.74 Å². The molecule has 0 radical (unpaired) electrons. The zero-order chi connectivity index (χ0) is 14.9. The van der Waals surface area contributed by atoms with Gasteiger partial charge in [-0.2, -0.15) is 0 Å². The molecule has 1 aliphatic rings. The molecular formula is C15H18F2O3. The van der Waals surface area contributed by atoms with Crippen LogP contribution in [0, 0.1) is 6.92 Å². The van der Waals surface area contributed by atoms with Gasteiger partial charge in [-0.3, -0.25) is 4.79 Å². The molecule has 0 aromatic heterocycles. The Morgan fingerprint density at radius 1 is 1.35 bits per heavy atom. The summed E-state index contributed by atoms with van der Waals surface area (Å²) in [5.74, 6) is -0.936. The van der Waals surface area contributed by atoms with Crippen molar-refractivity contribution in [3.63, 3.8) is 0 Å². The fraction of sp³-hybridized carbons (Fsp3) is 0.533. The van der Waals surface area contributed by atoms with Crippen molar-refractivity contribution in [3.05, 3.63) is 28.8 Å². The minimum absolute atomic E-state index is 0.0231. The van der Waals surface area contributed by atoms with E-state index in [9.17, 15) is 18.7 Å². The highest BCUT2D eigenvalue weighted by molar-refractivity contribution is 5.83. The molecule has 110 valence electrons. The number of benzene rings is 1. The van der Waals surface area contributed by atoms with Crippen LogP contribution in [0.15, 0.2) is 12.1 Å². The number of alkyl halides is 2. The number of carboxylic acids is 1. The minimum atomic E-state index is -2.68. The molecule has 0 saturated heterocycles. The summed E-state index contributed by atoms with van der Waals surface area (Å²) in [5.41, 5.74) is -0.306. The van der Waals surface area contributed by atoms with Gasteiger partial charge in [0.25, 0.3) is 6.43 Å². The highest BCUT2D eigenvalue weighted by Gasteiger charge is 2.45. The first-order valence-corrected chi connectivity index (χ1v) is 6.63. The summed E-state index contributed by atoms with van der Waals surface area (Å²) in [5, 5.41) is 9.61. The number of aliphatic carboxylic acids is 1. The Bertz CT molecular complexity index is 520. The van der Waals surface area contributed by atoms with Gasteiger partial charge in [0.1, 0.15) is 5.75 Å². The predicted octanol–water partition coefficient (Wildman–Crippen LogP) is 3.84. The summed E-state index contributed by atoms with van der Waals surface area (Å²) in [6.07, 6.45) is -0.188. The lowest BCUT2D eigenvalue weighted by Gasteiger charge is -2.28. The van der Waals surface area contributed by atoms with Crippen molar-refractivity contribution >= 4 is 5.97 Å². The minimum Gasteiger partial charge on any atom is -0.496 e. The van der Waals surface area contributed by atoms with E-state index in [1.165, 1.54) is 13.2 Å². The molecule has 1 fully saturated rings. The molecule has 0 heterocycles. The lowest BCUT2D eigenvalue weighted by atomic mass is 9.77. The van der Waals surface area contributed by atoms with Crippen LogP contribution in [0.2, 0.25) is 0 Å². The highest BCUT2D eigenvalue weighted by Crippen LogP contribution is 2.47. The van der Waals surface area contributed by atoms with Crippen LogP contribution in [0.1, 0.15) is 48.8 Å². The first-order valence-electron chi connectivity index (χ1n) is 6.63. The Morgan fingerprint density at radius 2 is 1.95 bits per heavy atom. The molecule has 20 heavy (non-hydrogen) atoms. The van der Waals surface area contributed by atoms with Crippen molar-refractivity contribution in [2.24, 2.45) is 0 Å². The monoisotopic (exact) mass is 284 g/mol. The Labute approximate surface area is 116 Å². The molecule has 0 unspecified atom stereocenters. The van der Waals surface area contributed by atoms with Crippen molar-refractivity contribution in [2.75, 3.05) is 7.11 Å². The van der Waals surface area contributed by atoms with Crippen LogP contribution in [-0.4, -0.2) is 18.2 Å². The second-order valence-electron chi connectivity index (χ2n) is 5.33. The zero-order valence-corrected chi connectivity index (χ0v) is 11.6. The molecular weight excluding hydrogens is 266 g/mol. The molecule has 1 saturated carbocycles. The molecule has 0 amide bonds. The number of aryl methyl sites for hydroxylation is 1. The van der Waals surface area contributed by atoms with E-state index >= 15 is 0 Å². The Morgan fingerprint density at radius 3 is 2.40 bits per heavy atom. The van der Waals surface area contributed by atoms with Crippen molar-refractivity contribution in [3.8, 4) is 5.75 Å². The van der Waals surface area contributed by atoms with Gasteiger partial charge in [0, 0.05) is 5.56 Å². The second-order valence-corrected chi connectivity index (χ2v) is 5.33. The van der Waals surface area contributed by atoms with E-state index in [2.05, 4.69) is 0 Å². The van der Waals surface area contributed by atoms with E-state index in [0.29, 0.717) is 24.0 Å². The second kappa shape index (κ2) is 5.38. The third kappa shape index (κ3) is 2.25. The molecule has 0 atom stereocenters. The fourth-order valence-electron chi connectivity index (χ4n) is 3.12. The van der Waals surface area contributed by atoms with Crippen LogP contribution in [-0.2, 0) is 10.2 Å². The van der Waals surface area contributed by atoms with E-state index in [0.717, 1.165) is 12.8 Å². The van der Waals surface area contributed by atoms with Crippen LogP contribution in [0.5, 0.6) is 5.75 Å². The van der Waals surface area contributed by atoms with Gasteiger partial charge in [-0.05, 0) is 25.8 Å². The van der Waals surface area contributed by atoms with E-state index in [-0.39, 0.29) is 11.3 Å². The van der Waals surface area contributed by atoms with Crippen LogP contribution in [0.4, 0.5) is 8.78 Å². The number of methoxy groups -OCH3 is 1.